The lowest BCUT2D eigenvalue weighted by Gasteiger charge is -2.47. The number of H-pyrrole nitrogens is 1. The van der Waals surface area contributed by atoms with Gasteiger partial charge >= 0.3 is 0 Å². The van der Waals surface area contributed by atoms with Crippen molar-refractivity contribution in [2.75, 3.05) is 7.11 Å². The lowest BCUT2D eigenvalue weighted by atomic mass is 9.69. The van der Waals surface area contributed by atoms with Crippen LogP contribution in [-0.2, 0) is 15.1 Å². The van der Waals surface area contributed by atoms with Gasteiger partial charge in [-0.15, -0.1) is 0 Å². The molecule has 1 aliphatic carbocycles. The molecule has 0 saturated heterocycles. The number of hydrogen-bond donors (Lipinski definition) is 2. The standard InChI is InChI=1S/C20H20N4O2/c1-3-19(25)23-15-9-20(10-15,26-2)17-6-7-21-12-16(17)13-4-5-18-14(8-13)11-22-24-18/h3-8,11-12,15H,1,9-10H2,2H3,(H,22,24)(H,23,25). The van der Waals surface area contributed by atoms with Crippen LogP contribution >= 0.6 is 0 Å². The van der Waals surface area contributed by atoms with Gasteiger partial charge in [-0.3, -0.25) is 14.9 Å². The molecule has 0 aliphatic heterocycles. The van der Waals surface area contributed by atoms with Crippen LogP contribution in [0.5, 0.6) is 0 Å². The van der Waals surface area contributed by atoms with Gasteiger partial charge < -0.3 is 10.1 Å². The number of hydrogen-bond acceptors (Lipinski definition) is 4. The molecule has 4 rings (SSSR count). The largest absolute Gasteiger partial charge is 0.373 e. The van der Waals surface area contributed by atoms with E-state index in [0.29, 0.717) is 12.8 Å². The third-order valence-electron chi connectivity index (χ3n) is 5.14. The van der Waals surface area contributed by atoms with Crippen LogP contribution in [0.1, 0.15) is 18.4 Å². The van der Waals surface area contributed by atoms with E-state index in [-0.39, 0.29) is 11.9 Å². The first-order valence-corrected chi connectivity index (χ1v) is 8.51. The summed E-state index contributed by atoms with van der Waals surface area (Å²) in [6.07, 6.45) is 8.19. The third-order valence-corrected chi connectivity index (χ3v) is 5.14. The second-order valence-corrected chi connectivity index (χ2v) is 6.61. The smallest absolute Gasteiger partial charge is 0.243 e. The highest BCUT2D eigenvalue weighted by molar-refractivity contribution is 5.87. The summed E-state index contributed by atoms with van der Waals surface area (Å²) < 4.78 is 5.92. The fourth-order valence-corrected chi connectivity index (χ4v) is 3.73. The first-order valence-electron chi connectivity index (χ1n) is 8.51. The van der Waals surface area contributed by atoms with E-state index in [9.17, 15) is 4.79 Å². The average molecular weight is 348 g/mol. The second-order valence-electron chi connectivity index (χ2n) is 6.61. The van der Waals surface area contributed by atoms with Crippen molar-refractivity contribution in [1.82, 2.24) is 20.5 Å². The monoisotopic (exact) mass is 348 g/mol. The molecule has 3 aromatic rings. The summed E-state index contributed by atoms with van der Waals surface area (Å²) in [6.45, 7) is 3.50. The van der Waals surface area contributed by atoms with Gasteiger partial charge in [0.15, 0.2) is 0 Å². The van der Waals surface area contributed by atoms with Crippen LogP contribution in [0.15, 0.2) is 55.5 Å². The molecule has 1 amide bonds. The minimum absolute atomic E-state index is 0.0813. The van der Waals surface area contributed by atoms with Crippen LogP contribution in [0.25, 0.3) is 22.0 Å². The summed E-state index contributed by atoms with van der Waals surface area (Å²) in [6, 6.07) is 8.25. The maximum absolute atomic E-state index is 11.5. The molecule has 0 radical (unpaired) electrons. The first-order chi connectivity index (χ1) is 12.6. The van der Waals surface area contributed by atoms with E-state index in [0.717, 1.165) is 27.6 Å². The van der Waals surface area contributed by atoms with Gasteiger partial charge in [-0.2, -0.15) is 5.10 Å². The van der Waals surface area contributed by atoms with Crippen molar-refractivity contribution in [2.45, 2.75) is 24.5 Å². The maximum Gasteiger partial charge on any atom is 0.243 e. The SMILES string of the molecule is C=CC(=O)NC1CC(OC)(c2ccncc2-c2ccc3[nH]ncc3c2)C1. The number of nitrogens with one attached hydrogen (secondary N) is 2. The van der Waals surface area contributed by atoms with E-state index < -0.39 is 5.60 Å². The summed E-state index contributed by atoms with van der Waals surface area (Å²) in [7, 11) is 1.72. The zero-order chi connectivity index (χ0) is 18.1. The first kappa shape index (κ1) is 16.5. The molecule has 1 aliphatic rings. The quantitative estimate of drug-likeness (QED) is 0.695. The Morgan fingerprint density at radius 2 is 2.23 bits per heavy atom. The number of rotatable bonds is 5. The van der Waals surface area contributed by atoms with Gasteiger partial charge in [0.2, 0.25) is 5.91 Å². The molecule has 1 saturated carbocycles. The molecule has 0 atom stereocenters. The molecule has 6 nitrogen and oxygen atoms in total. The van der Waals surface area contributed by atoms with Crippen LogP contribution in [0.4, 0.5) is 0 Å². The van der Waals surface area contributed by atoms with Crippen molar-refractivity contribution in [3.05, 3.63) is 61.1 Å². The molecule has 0 unspecified atom stereocenters. The molecular formula is C20H20N4O2. The molecule has 132 valence electrons. The van der Waals surface area contributed by atoms with Crippen LogP contribution < -0.4 is 5.32 Å². The minimum atomic E-state index is -0.428. The summed E-state index contributed by atoms with van der Waals surface area (Å²) in [4.78, 5) is 15.9. The molecule has 6 heteroatoms. The van der Waals surface area contributed by atoms with Gasteiger partial charge in [-0.25, -0.2) is 0 Å². The van der Waals surface area contributed by atoms with Crippen molar-refractivity contribution in [3.63, 3.8) is 0 Å². The number of carbonyl (C=O) groups is 1. The molecule has 2 aromatic heterocycles. The Bertz CT molecular complexity index is 973. The summed E-state index contributed by atoms with van der Waals surface area (Å²) in [5, 5.41) is 11.0. The van der Waals surface area contributed by atoms with Crippen molar-refractivity contribution < 1.29 is 9.53 Å². The Morgan fingerprint density at radius 3 is 3.00 bits per heavy atom. The Labute approximate surface area is 151 Å². The summed E-state index contributed by atoms with van der Waals surface area (Å²) >= 11 is 0. The molecule has 1 aromatic carbocycles. The highest BCUT2D eigenvalue weighted by Crippen LogP contribution is 2.47. The minimum Gasteiger partial charge on any atom is -0.373 e. The fraction of sp³-hybridized carbons (Fsp3) is 0.250. The lowest BCUT2D eigenvalue weighted by Crippen LogP contribution is -2.54. The molecule has 1 fully saturated rings. The highest BCUT2D eigenvalue weighted by atomic mass is 16.5. The van der Waals surface area contributed by atoms with Gasteiger partial charge in [0.1, 0.15) is 0 Å². The maximum atomic E-state index is 11.5. The van der Waals surface area contributed by atoms with E-state index in [1.807, 2.05) is 24.5 Å². The van der Waals surface area contributed by atoms with Gasteiger partial charge in [-0.1, -0.05) is 12.6 Å². The number of carbonyl (C=O) groups excluding carboxylic acids is 1. The molecular weight excluding hydrogens is 328 g/mol. The predicted octanol–water partition coefficient (Wildman–Crippen LogP) is 2.93. The Kier molecular flexibility index (Phi) is 4.05. The molecule has 2 N–H and O–H groups in total. The van der Waals surface area contributed by atoms with E-state index in [2.05, 4.69) is 39.2 Å². The number of nitrogens with zero attached hydrogens (tertiary/aromatic N) is 2. The average Bonchev–Trinajstić information content (AvgIpc) is 3.12. The highest BCUT2D eigenvalue weighted by Gasteiger charge is 2.47. The number of amides is 1. The van der Waals surface area contributed by atoms with Crippen molar-refractivity contribution in [1.29, 1.82) is 0 Å². The zero-order valence-electron chi connectivity index (χ0n) is 14.5. The van der Waals surface area contributed by atoms with Gasteiger partial charge in [0, 0.05) is 49.3 Å². The molecule has 0 spiro atoms. The second kappa shape index (κ2) is 6.38. The Hall–Kier alpha value is -2.99. The van der Waals surface area contributed by atoms with Crippen LogP contribution in [0.2, 0.25) is 0 Å². The number of ether oxygens (including phenoxy) is 1. The van der Waals surface area contributed by atoms with Crippen molar-refractivity contribution >= 4 is 16.8 Å². The van der Waals surface area contributed by atoms with E-state index in [1.165, 1.54) is 6.08 Å². The Morgan fingerprint density at radius 1 is 1.38 bits per heavy atom. The number of fused-ring (bicyclic) bond motifs is 1. The topological polar surface area (TPSA) is 79.9 Å². The van der Waals surface area contributed by atoms with E-state index in [1.54, 1.807) is 13.3 Å². The third kappa shape index (κ3) is 2.68. The summed E-state index contributed by atoms with van der Waals surface area (Å²) in [5.41, 5.74) is 3.75. The van der Waals surface area contributed by atoms with E-state index in [4.69, 9.17) is 4.74 Å². The number of aromatic amines is 1. The number of pyridine rings is 1. The summed E-state index contributed by atoms with van der Waals surface area (Å²) in [5.74, 6) is -0.153. The molecule has 2 heterocycles. The van der Waals surface area contributed by atoms with E-state index >= 15 is 0 Å². The van der Waals surface area contributed by atoms with Crippen molar-refractivity contribution in [2.24, 2.45) is 0 Å². The van der Waals surface area contributed by atoms with Crippen LogP contribution in [0, 0.1) is 0 Å². The number of methoxy groups -OCH3 is 1. The molecule has 26 heavy (non-hydrogen) atoms. The fourth-order valence-electron chi connectivity index (χ4n) is 3.73. The van der Waals surface area contributed by atoms with Gasteiger partial charge in [0.25, 0.3) is 0 Å². The van der Waals surface area contributed by atoms with Crippen molar-refractivity contribution in [3.8, 4) is 11.1 Å². The normalized spacial score (nSPS) is 22.0. The zero-order valence-corrected chi connectivity index (χ0v) is 14.5. The number of aromatic nitrogens is 3. The molecule has 0 bridgehead atoms. The van der Waals surface area contributed by atoms with Gasteiger partial charge in [-0.05, 0) is 35.4 Å². The Balaban J connectivity index is 1.69. The van der Waals surface area contributed by atoms with Gasteiger partial charge in [0.05, 0.1) is 17.3 Å². The lowest BCUT2D eigenvalue weighted by molar-refractivity contribution is -0.125. The van der Waals surface area contributed by atoms with Crippen LogP contribution in [-0.4, -0.2) is 34.2 Å². The predicted molar refractivity (Wildman–Crippen MR) is 99.4 cm³/mol. The number of benzene rings is 1. The van der Waals surface area contributed by atoms with Crippen LogP contribution in [0.3, 0.4) is 0 Å².